The lowest BCUT2D eigenvalue weighted by Gasteiger charge is -2.29. The summed E-state index contributed by atoms with van der Waals surface area (Å²) in [6, 6.07) is 9.28. The van der Waals surface area contributed by atoms with Crippen LogP contribution in [0.3, 0.4) is 0 Å². The second-order valence-electron chi connectivity index (χ2n) is 7.09. The normalized spacial score (nSPS) is 17.0. The Morgan fingerprint density at radius 1 is 1.07 bits per heavy atom. The van der Waals surface area contributed by atoms with E-state index in [0.29, 0.717) is 17.1 Å². The van der Waals surface area contributed by atoms with Crippen LogP contribution in [0, 0.1) is 12.7 Å². The van der Waals surface area contributed by atoms with Crippen molar-refractivity contribution in [2.75, 3.05) is 6.79 Å². The van der Waals surface area contributed by atoms with E-state index < -0.39 is 15.8 Å². The van der Waals surface area contributed by atoms with E-state index in [2.05, 4.69) is 0 Å². The van der Waals surface area contributed by atoms with Gasteiger partial charge in [-0.25, -0.2) is 12.8 Å². The van der Waals surface area contributed by atoms with Crippen molar-refractivity contribution < 1.29 is 22.3 Å². The summed E-state index contributed by atoms with van der Waals surface area (Å²) in [6.07, 6.45) is 3.70. The zero-order chi connectivity index (χ0) is 19.0. The summed E-state index contributed by atoms with van der Waals surface area (Å²) in [5, 5.41) is 0. The number of hydrogen-bond acceptors (Lipinski definition) is 4. The van der Waals surface area contributed by atoms with Gasteiger partial charge in [0.05, 0.1) is 4.90 Å². The van der Waals surface area contributed by atoms with Crippen molar-refractivity contribution in [3.63, 3.8) is 0 Å². The highest BCUT2D eigenvalue weighted by atomic mass is 32.2. The van der Waals surface area contributed by atoms with Gasteiger partial charge in [-0.2, -0.15) is 4.31 Å². The molecule has 2 aliphatic rings. The molecular weight excluding hydrogens is 369 g/mol. The van der Waals surface area contributed by atoms with Gasteiger partial charge in [0, 0.05) is 12.6 Å². The SMILES string of the molecule is Cc1cc(F)ccc1S(=O)(=O)N(Cc1ccc2c(c1)OCO2)C1CCCC1. The third-order valence-corrected chi connectivity index (χ3v) is 7.29. The molecule has 27 heavy (non-hydrogen) atoms. The molecule has 0 radical (unpaired) electrons. The lowest BCUT2D eigenvalue weighted by atomic mass is 10.1. The second-order valence-corrected chi connectivity index (χ2v) is 8.94. The molecule has 0 spiro atoms. The number of ether oxygens (including phenoxy) is 2. The molecule has 1 heterocycles. The Morgan fingerprint density at radius 2 is 1.81 bits per heavy atom. The highest BCUT2D eigenvalue weighted by Crippen LogP contribution is 2.35. The Kier molecular flexibility index (Phi) is 4.82. The topological polar surface area (TPSA) is 55.8 Å². The number of fused-ring (bicyclic) bond motifs is 1. The molecule has 5 nitrogen and oxygen atoms in total. The van der Waals surface area contributed by atoms with Gasteiger partial charge < -0.3 is 9.47 Å². The molecule has 144 valence electrons. The molecule has 1 aliphatic carbocycles. The molecule has 0 aromatic heterocycles. The maximum Gasteiger partial charge on any atom is 0.243 e. The van der Waals surface area contributed by atoms with Gasteiger partial charge in [-0.1, -0.05) is 18.9 Å². The van der Waals surface area contributed by atoms with Gasteiger partial charge in [-0.05, 0) is 61.2 Å². The molecule has 4 rings (SSSR count). The van der Waals surface area contributed by atoms with Crippen molar-refractivity contribution in [3.8, 4) is 11.5 Å². The van der Waals surface area contributed by atoms with E-state index in [1.54, 1.807) is 17.3 Å². The van der Waals surface area contributed by atoms with Crippen molar-refractivity contribution in [2.24, 2.45) is 0 Å². The fraction of sp³-hybridized carbons (Fsp3) is 0.400. The van der Waals surface area contributed by atoms with Crippen LogP contribution >= 0.6 is 0 Å². The van der Waals surface area contributed by atoms with Gasteiger partial charge in [0.25, 0.3) is 0 Å². The van der Waals surface area contributed by atoms with E-state index in [4.69, 9.17) is 9.47 Å². The van der Waals surface area contributed by atoms with Crippen LogP contribution in [-0.4, -0.2) is 25.6 Å². The van der Waals surface area contributed by atoms with Crippen molar-refractivity contribution in [1.29, 1.82) is 0 Å². The Morgan fingerprint density at radius 3 is 2.56 bits per heavy atom. The van der Waals surface area contributed by atoms with Crippen LogP contribution in [0.1, 0.15) is 36.8 Å². The minimum absolute atomic E-state index is 0.0510. The van der Waals surface area contributed by atoms with Crippen LogP contribution in [0.15, 0.2) is 41.3 Å². The Bertz CT molecular complexity index is 954. The number of hydrogen-bond donors (Lipinski definition) is 0. The summed E-state index contributed by atoms with van der Waals surface area (Å²) in [5.41, 5.74) is 1.26. The van der Waals surface area contributed by atoms with Gasteiger partial charge in [0.1, 0.15) is 5.82 Å². The third kappa shape index (κ3) is 3.53. The Hall–Kier alpha value is -2.12. The molecule has 0 amide bonds. The summed E-state index contributed by atoms with van der Waals surface area (Å²) in [6.45, 7) is 2.06. The molecule has 0 saturated heterocycles. The minimum Gasteiger partial charge on any atom is -0.454 e. The van der Waals surface area contributed by atoms with Crippen LogP contribution in [0.25, 0.3) is 0 Å². The minimum atomic E-state index is -3.75. The van der Waals surface area contributed by atoms with Gasteiger partial charge in [-0.3, -0.25) is 0 Å². The summed E-state index contributed by atoms with van der Waals surface area (Å²) in [4.78, 5) is 0.163. The lowest BCUT2D eigenvalue weighted by molar-refractivity contribution is 0.174. The zero-order valence-corrected chi connectivity index (χ0v) is 16.0. The van der Waals surface area contributed by atoms with E-state index in [1.165, 1.54) is 18.2 Å². The van der Waals surface area contributed by atoms with Crippen molar-refractivity contribution in [3.05, 3.63) is 53.3 Å². The molecule has 0 unspecified atom stereocenters. The van der Waals surface area contributed by atoms with Crippen molar-refractivity contribution in [2.45, 2.75) is 50.1 Å². The van der Waals surface area contributed by atoms with Crippen LogP contribution in [0.5, 0.6) is 11.5 Å². The number of halogens is 1. The fourth-order valence-corrected chi connectivity index (χ4v) is 5.73. The van der Waals surface area contributed by atoms with Gasteiger partial charge in [0.15, 0.2) is 11.5 Å². The van der Waals surface area contributed by atoms with Crippen LogP contribution in [0.4, 0.5) is 4.39 Å². The molecule has 0 atom stereocenters. The summed E-state index contributed by atoms with van der Waals surface area (Å²) in [5.74, 6) is 0.868. The van der Waals surface area contributed by atoms with Gasteiger partial charge in [0.2, 0.25) is 16.8 Å². The zero-order valence-electron chi connectivity index (χ0n) is 15.2. The van der Waals surface area contributed by atoms with Crippen LogP contribution in [-0.2, 0) is 16.6 Å². The predicted molar refractivity (Wildman–Crippen MR) is 98.7 cm³/mol. The number of benzene rings is 2. The molecule has 2 aromatic rings. The van der Waals surface area contributed by atoms with E-state index in [0.717, 1.165) is 31.2 Å². The van der Waals surface area contributed by atoms with Crippen LogP contribution < -0.4 is 9.47 Å². The maximum absolute atomic E-state index is 13.5. The third-order valence-electron chi connectivity index (χ3n) is 5.23. The average Bonchev–Trinajstić information content (AvgIpc) is 3.30. The van der Waals surface area contributed by atoms with Crippen LogP contribution in [0.2, 0.25) is 0 Å². The van der Waals surface area contributed by atoms with Crippen molar-refractivity contribution in [1.82, 2.24) is 4.31 Å². The fourth-order valence-electron chi connectivity index (χ4n) is 3.85. The summed E-state index contributed by atoms with van der Waals surface area (Å²) >= 11 is 0. The predicted octanol–water partition coefficient (Wildman–Crippen LogP) is 4.00. The first-order valence-electron chi connectivity index (χ1n) is 9.12. The highest BCUT2D eigenvalue weighted by Gasteiger charge is 2.34. The number of sulfonamides is 1. The van der Waals surface area contributed by atoms with E-state index in [-0.39, 0.29) is 24.3 Å². The Labute approximate surface area is 158 Å². The summed E-state index contributed by atoms with van der Waals surface area (Å²) < 4.78 is 52.7. The van der Waals surface area contributed by atoms with E-state index in [1.807, 2.05) is 12.1 Å². The monoisotopic (exact) mass is 391 g/mol. The highest BCUT2D eigenvalue weighted by molar-refractivity contribution is 7.89. The number of nitrogens with zero attached hydrogens (tertiary/aromatic N) is 1. The molecule has 0 bridgehead atoms. The first kappa shape index (κ1) is 18.3. The van der Waals surface area contributed by atoms with E-state index >= 15 is 0 Å². The first-order valence-corrected chi connectivity index (χ1v) is 10.6. The van der Waals surface area contributed by atoms with E-state index in [9.17, 15) is 12.8 Å². The standard InChI is InChI=1S/C20H22FNO4S/c1-14-10-16(21)7-9-20(14)27(23,24)22(17-4-2-3-5-17)12-15-6-8-18-19(11-15)26-13-25-18/h6-11,17H,2-5,12-13H2,1H3. The molecule has 0 N–H and O–H groups in total. The molecule has 1 saturated carbocycles. The summed E-state index contributed by atoms with van der Waals surface area (Å²) in [7, 11) is -3.75. The molecule has 1 aliphatic heterocycles. The molecule has 2 aromatic carbocycles. The van der Waals surface area contributed by atoms with Gasteiger partial charge in [-0.15, -0.1) is 0 Å². The molecule has 7 heteroatoms. The second kappa shape index (κ2) is 7.13. The smallest absolute Gasteiger partial charge is 0.243 e. The Balaban J connectivity index is 1.70. The van der Waals surface area contributed by atoms with Gasteiger partial charge >= 0.3 is 0 Å². The van der Waals surface area contributed by atoms with Crippen molar-refractivity contribution >= 4 is 10.0 Å². The molecular formula is C20H22FNO4S. The first-order chi connectivity index (χ1) is 12.9. The number of aryl methyl sites for hydroxylation is 1. The largest absolute Gasteiger partial charge is 0.454 e. The lowest BCUT2D eigenvalue weighted by Crippen LogP contribution is -2.38. The number of rotatable bonds is 5. The molecule has 1 fully saturated rings. The quantitative estimate of drug-likeness (QED) is 0.773. The average molecular weight is 391 g/mol. The maximum atomic E-state index is 13.5.